The van der Waals surface area contributed by atoms with Gasteiger partial charge in [-0.25, -0.2) is 14.5 Å². The molecule has 4 rings (SSSR count). The zero-order chi connectivity index (χ0) is 22.4. The number of rotatable bonds is 3. The molecule has 164 valence electrons. The molecule has 2 N–H and O–H groups in total. The summed E-state index contributed by atoms with van der Waals surface area (Å²) < 4.78 is 39.4. The van der Waals surface area contributed by atoms with Gasteiger partial charge in [-0.1, -0.05) is 19.3 Å². The van der Waals surface area contributed by atoms with Crippen molar-refractivity contribution in [3.05, 3.63) is 41.3 Å². The summed E-state index contributed by atoms with van der Waals surface area (Å²) in [5.74, 6) is -1.16. The Balaban J connectivity index is 1.52. The maximum absolute atomic E-state index is 12.8. The number of nitrogens with one attached hydrogen (secondary N) is 2. The Morgan fingerprint density at radius 2 is 1.87 bits per heavy atom. The largest absolute Gasteiger partial charge is 0.417 e. The van der Waals surface area contributed by atoms with Crippen LogP contribution < -0.4 is 10.7 Å². The highest BCUT2D eigenvalue weighted by molar-refractivity contribution is 6.09. The van der Waals surface area contributed by atoms with Gasteiger partial charge in [0, 0.05) is 6.20 Å². The highest BCUT2D eigenvalue weighted by atomic mass is 19.4. The Labute approximate surface area is 174 Å². The number of imide groups is 1. The predicted molar refractivity (Wildman–Crippen MR) is 99.8 cm³/mol. The molecule has 0 aromatic carbocycles. The molecule has 2 fully saturated rings. The molecule has 2 aromatic rings. The van der Waals surface area contributed by atoms with Crippen LogP contribution in [0.2, 0.25) is 0 Å². The lowest BCUT2D eigenvalue weighted by atomic mass is 9.82. The summed E-state index contributed by atoms with van der Waals surface area (Å²) in [4.78, 5) is 41.6. The number of amides is 4. The van der Waals surface area contributed by atoms with Crippen molar-refractivity contribution < 1.29 is 27.6 Å². The van der Waals surface area contributed by atoms with Gasteiger partial charge in [0.05, 0.1) is 23.0 Å². The molecule has 9 nitrogen and oxygen atoms in total. The van der Waals surface area contributed by atoms with E-state index in [0.29, 0.717) is 24.0 Å². The number of hydrogen-bond acceptors (Lipinski definition) is 5. The Hall–Kier alpha value is -3.44. The van der Waals surface area contributed by atoms with E-state index in [1.54, 1.807) is 0 Å². The number of carbonyl (C=O) groups is 3. The number of hydrogen-bond donors (Lipinski definition) is 2. The van der Waals surface area contributed by atoms with Gasteiger partial charge >= 0.3 is 12.2 Å². The Bertz CT molecular complexity index is 1040. The summed E-state index contributed by atoms with van der Waals surface area (Å²) in [6.07, 6.45) is 0.967. The second kappa shape index (κ2) is 7.36. The van der Waals surface area contributed by atoms with Crippen molar-refractivity contribution in [2.75, 3.05) is 0 Å². The molecule has 0 unspecified atom stereocenters. The maximum Gasteiger partial charge on any atom is 0.417 e. The van der Waals surface area contributed by atoms with Crippen molar-refractivity contribution in [1.82, 2.24) is 30.5 Å². The van der Waals surface area contributed by atoms with Crippen LogP contribution in [0.5, 0.6) is 0 Å². The van der Waals surface area contributed by atoms with Crippen LogP contribution in [-0.4, -0.2) is 43.2 Å². The standard InChI is InChI=1S/C19H19F3N6O3/c1-11-13(10-24-27(11)14-6-5-12(9-23-14)19(20,21)22)15(29)26-28-16(30)18(25-17(28)31)7-3-2-4-8-18/h5-6,9-10H,2-4,7-8H2,1H3,(H,25,31)(H,26,29). The molecule has 2 aromatic heterocycles. The molecular weight excluding hydrogens is 417 g/mol. The van der Waals surface area contributed by atoms with Gasteiger partial charge in [0.15, 0.2) is 5.82 Å². The normalized spacial score (nSPS) is 18.4. The van der Waals surface area contributed by atoms with Crippen molar-refractivity contribution in [3.63, 3.8) is 0 Å². The number of nitrogens with zero attached hydrogens (tertiary/aromatic N) is 4. The maximum atomic E-state index is 12.8. The molecule has 12 heteroatoms. The fourth-order valence-electron chi connectivity index (χ4n) is 3.92. The molecule has 1 aliphatic heterocycles. The lowest BCUT2D eigenvalue weighted by molar-refractivity contribution is -0.138. The number of alkyl halides is 3. The van der Waals surface area contributed by atoms with E-state index in [2.05, 4.69) is 20.8 Å². The van der Waals surface area contributed by atoms with E-state index in [9.17, 15) is 27.6 Å². The van der Waals surface area contributed by atoms with Crippen LogP contribution in [0.3, 0.4) is 0 Å². The zero-order valence-electron chi connectivity index (χ0n) is 16.5. The summed E-state index contributed by atoms with van der Waals surface area (Å²) in [5, 5.41) is 7.37. The van der Waals surface area contributed by atoms with Crippen LogP contribution in [0.4, 0.5) is 18.0 Å². The lowest BCUT2D eigenvalue weighted by Gasteiger charge is -2.30. The minimum absolute atomic E-state index is 0.0480. The number of carbonyl (C=O) groups excluding carboxylic acids is 3. The summed E-state index contributed by atoms with van der Waals surface area (Å²) in [5.41, 5.74) is 0.753. The summed E-state index contributed by atoms with van der Waals surface area (Å²) >= 11 is 0. The molecule has 0 atom stereocenters. The highest BCUT2D eigenvalue weighted by Crippen LogP contribution is 2.33. The summed E-state index contributed by atoms with van der Waals surface area (Å²) in [6, 6.07) is 1.30. The van der Waals surface area contributed by atoms with Crippen LogP contribution in [0.25, 0.3) is 5.82 Å². The third-order valence-electron chi connectivity index (χ3n) is 5.63. The van der Waals surface area contributed by atoms with Gasteiger partial charge in [-0.3, -0.25) is 15.0 Å². The molecule has 0 bridgehead atoms. The molecule has 0 radical (unpaired) electrons. The van der Waals surface area contributed by atoms with Gasteiger partial charge in [0.2, 0.25) is 0 Å². The molecular formula is C19H19F3N6O3. The number of aromatic nitrogens is 3. The molecule has 3 heterocycles. The summed E-state index contributed by atoms with van der Waals surface area (Å²) in [7, 11) is 0. The Morgan fingerprint density at radius 1 is 1.16 bits per heavy atom. The predicted octanol–water partition coefficient (Wildman–Crippen LogP) is 2.49. The van der Waals surface area contributed by atoms with Gasteiger partial charge in [0.1, 0.15) is 5.54 Å². The fourth-order valence-corrected chi connectivity index (χ4v) is 3.92. The molecule has 4 amide bonds. The van der Waals surface area contributed by atoms with Crippen LogP contribution in [0.1, 0.15) is 53.7 Å². The smallest absolute Gasteiger partial charge is 0.322 e. The van der Waals surface area contributed by atoms with E-state index in [1.807, 2.05) is 0 Å². The first kappa shape index (κ1) is 20.8. The van der Waals surface area contributed by atoms with E-state index in [0.717, 1.165) is 31.4 Å². The van der Waals surface area contributed by atoms with Gasteiger partial charge < -0.3 is 5.32 Å². The average Bonchev–Trinajstić information content (AvgIpc) is 3.21. The SMILES string of the molecule is Cc1c(C(=O)NN2C(=O)NC3(CCCCC3)C2=O)cnn1-c1ccc(C(F)(F)F)cn1. The molecule has 1 saturated heterocycles. The van der Waals surface area contributed by atoms with Crippen LogP contribution >= 0.6 is 0 Å². The molecule has 1 saturated carbocycles. The average molecular weight is 436 g/mol. The van der Waals surface area contributed by atoms with Crippen LogP contribution in [-0.2, 0) is 11.0 Å². The molecule has 1 aliphatic carbocycles. The zero-order valence-corrected chi connectivity index (χ0v) is 16.5. The summed E-state index contributed by atoms with van der Waals surface area (Å²) in [6.45, 7) is 1.52. The Morgan fingerprint density at radius 3 is 2.48 bits per heavy atom. The van der Waals surface area contributed by atoms with Crippen molar-refractivity contribution in [1.29, 1.82) is 0 Å². The number of pyridine rings is 1. The van der Waals surface area contributed by atoms with E-state index in [1.165, 1.54) is 17.8 Å². The van der Waals surface area contributed by atoms with Gasteiger partial charge in [-0.2, -0.15) is 23.3 Å². The van der Waals surface area contributed by atoms with E-state index in [4.69, 9.17) is 0 Å². The number of urea groups is 1. The monoisotopic (exact) mass is 436 g/mol. The van der Waals surface area contributed by atoms with Crippen molar-refractivity contribution in [3.8, 4) is 5.82 Å². The molecule has 1 spiro atoms. The van der Waals surface area contributed by atoms with Gasteiger partial charge in [-0.15, -0.1) is 0 Å². The second-order valence-corrected chi connectivity index (χ2v) is 7.61. The second-order valence-electron chi connectivity index (χ2n) is 7.61. The first-order valence-corrected chi connectivity index (χ1v) is 9.68. The lowest BCUT2D eigenvalue weighted by Crippen LogP contribution is -2.51. The quantitative estimate of drug-likeness (QED) is 0.719. The number of hydrazine groups is 1. The van der Waals surface area contributed by atoms with Crippen LogP contribution in [0.15, 0.2) is 24.5 Å². The minimum Gasteiger partial charge on any atom is -0.322 e. The van der Waals surface area contributed by atoms with Crippen LogP contribution in [0, 0.1) is 6.92 Å². The third kappa shape index (κ3) is 3.62. The topological polar surface area (TPSA) is 109 Å². The van der Waals surface area contributed by atoms with E-state index in [-0.39, 0.29) is 17.1 Å². The first-order valence-electron chi connectivity index (χ1n) is 9.68. The van der Waals surface area contributed by atoms with Crippen molar-refractivity contribution in [2.24, 2.45) is 0 Å². The minimum atomic E-state index is -4.52. The fraction of sp³-hybridized carbons (Fsp3) is 0.421. The highest BCUT2D eigenvalue weighted by Gasteiger charge is 2.52. The third-order valence-corrected chi connectivity index (χ3v) is 5.63. The molecule has 31 heavy (non-hydrogen) atoms. The van der Waals surface area contributed by atoms with Gasteiger partial charge in [-0.05, 0) is 31.9 Å². The first-order chi connectivity index (χ1) is 14.6. The van der Waals surface area contributed by atoms with Crippen molar-refractivity contribution in [2.45, 2.75) is 50.7 Å². The Kier molecular flexibility index (Phi) is 4.94. The van der Waals surface area contributed by atoms with E-state index < -0.39 is 35.1 Å². The molecule has 2 aliphatic rings. The van der Waals surface area contributed by atoms with Crippen molar-refractivity contribution >= 4 is 17.8 Å². The van der Waals surface area contributed by atoms with E-state index >= 15 is 0 Å². The number of halogens is 3. The van der Waals surface area contributed by atoms with Gasteiger partial charge in [0.25, 0.3) is 11.8 Å².